The zero-order chi connectivity index (χ0) is 20.7. The minimum absolute atomic E-state index is 0.0242. The predicted octanol–water partition coefficient (Wildman–Crippen LogP) is 3.40. The Hall–Kier alpha value is -1.83. The molecule has 152 valence electrons. The van der Waals surface area contributed by atoms with Crippen LogP contribution in [0.15, 0.2) is 35.9 Å². The first-order valence-electron chi connectivity index (χ1n) is 8.98. The molecule has 0 bridgehead atoms. The number of esters is 2. The summed E-state index contributed by atoms with van der Waals surface area (Å²) < 4.78 is 10.0. The second-order valence-corrected chi connectivity index (χ2v) is 8.06. The first kappa shape index (κ1) is 22.5. The van der Waals surface area contributed by atoms with Gasteiger partial charge in [-0.15, -0.1) is 0 Å². The molecular weight excluding hydrogens is 402 g/mol. The van der Waals surface area contributed by atoms with Crippen LogP contribution >= 0.6 is 23.4 Å². The Bertz CT molecular complexity index is 767. The molecule has 1 aliphatic heterocycles. The molecule has 1 aliphatic rings. The number of halogens is 1. The molecule has 8 heteroatoms. The molecule has 0 spiro atoms. The smallest absolute Gasteiger partial charge is 0.330 e. The molecule has 1 heterocycles. The van der Waals surface area contributed by atoms with E-state index in [9.17, 15) is 14.4 Å². The molecule has 0 saturated carbocycles. The van der Waals surface area contributed by atoms with Crippen molar-refractivity contribution in [3.05, 3.63) is 46.5 Å². The summed E-state index contributed by atoms with van der Waals surface area (Å²) in [6.45, 7) is 4.38. The van der Waals surface area contributed by atoms with Crippen molar-refractivity contribution in [1.29, 1.82) is 0 Å². The third-order valence-corrected chi connectivity index (χ3v) is 5.86. The van der Waals surface area contributed by atoms with Crippen molar-refractivity contribution in [2.75, 3.05) is 26.8 Å². The number of methoxy groups -OCH3 is 1. The Balaban J connectivity index is 2.35. The van der Waals surface area contributed by atoms with E-state index in [0.29, 0.717) is 30.1 Å². The number of hydrogen-bond acceptors (Lipinski definition) is 7. The molecule has 1 aromatic rings. The van der Waals surface area contributed by atoms with Crippen molar-refractivity contribution in [1.82, 2.24) is 4.90 Å². The Morgan fingerprint density at radius 2 is 2.07 bits per heavy atom. The van der Waals surface area contributed by atoms with Gasteiger partial charge in [0.15, 0.2) is 5.12 Å². The number of thioether (sulfide) groups is 1. The summed E-state index contributed by atoms with van der Waals surface area (Å²) in [5, 5.41) is 0.306. The topological polar surface area (TPSA) is 72.9 Å². The fourth-order valence-corrected chi connectivity index (χ4v) is 4.35. The van der Waals surface area contributed by atoms with E-state index in [1.54, 1.807) is 25.1 Å². The average Bonchev–Trinajstić information content (AvgIpc) is 2.65. The van der Waals surface area contributed by atoms with Crippen LogP contribution in [0, 0.1) is 0 Å². The highest BCUT2D eigenvalue weighted by atomic mass is 35.5. The Kier molecular flexibility index (Phi) is 8.54. The quantitative estimate of drug-likeness (QED) is 0.510. The van der Waals surface area contributed by atoms with Gasteiger partial charge in [-0.1, -0.05) is 41.6 Å². The van der Waals surface area contributed by atoms with Gasteiger partial charge in [0.1, 0.15) is 6.04 Å². The number of carbonyl (C=O) groups excluding carboxylic acids is 3. The van der Waals surface area contributed by atoms with Crippen molar-refractivity contribution in [2.45, 2.75) is 31.6 Å². The lowest BCUT2D eigenvalue weighted by molar-refractivity contribution is -0.147. The summed E-state index contributed by atoms with van der Waals surface area (Å²) in [5.41, 5.74) is 1.38. The number of likely N-dealkylation sites (tertiary alicyclic amines) is 1. The fraction of sp³-hybridized carbons (Fsp3) is 0.450. The minimum Gasteiger partial charge on any atom is -0.468 e. The van der Waals surface area contributed by atoms with Gasteiger partial charge in [0.2, 0.25) is 0 Å². The van der Waals surface area contributed by atoms with E-state index in [1.807, 2.05) is 11.0 Å². The van der Waals surface area contributed by atoms with Gasteiger partial charge in [-0.25, -0.2) is 9.59 Å². The van der Waals surface area contributed by atoms with E-state index < -0.39 is 18.0 Å². The van der Waals surface area contributed by atoms with Crippen LogP contribution in [0.25, 0.3) is 0 Å². The van der Waals surface area contributed by atoms with E-state index >= 15 is 0 Å². The maximum Gasteiger partial charge on any atom is 0.330 e. The molecule has 0 unspecified atom stereocenters. The lowest BCUT2D eigenvalue weighted by atomic mass is 9.98. The summed E-state index contributed by atoms with van der Waals surface area (Å²) in [6.07, 6.45) is 2.03. The van der Waals surface area contributed by atoms with Crippen LogP contribution in [0.4, 0.5) is 0 Å². The number of carbonyl (C=O) groups is 3. The molecule has 0 N–H and O–H groups in total. The van der Waals surface area contributed by atoms with E-state index in [4.69, 9.17) is 21.1 Å². The fourth-order valence-electron chi connectivity index (χ4n) is 3.19. The van der Waals surface area contributed by atoms with Crippen LogP contribution in [0.2, 0.25) is 5.02 Å². The van der Waals surface area contributed by atoms with Crippen molar-refractivity contribution < 1.29 is 23.9 Å². The highest BCUT2D eigenvalue weighted by Gasteiger charge is 2.35. The normalized spacial score (nSPS) is 19.9. The van der Waals surface area contributed by atoms with Crippen molar-refractivity contribution in [3.63, 3.8) is 0 Å². The summed E-state index contributed by atoms with van der Waals surface area (Å²) >= 11 is 7.51. The molecule has 2 atom stereocenters. The Labute approximate surface area is 174 Å². The second-order valence-electron chi connectivity index (χ2n) is 6.28. The van der Waals surface area contributed by atoms with Crippen LogP contribution in [0.5, 0.6) is 0 Å². The highest BCUT2D eigenvalue weighted by molar-refractivity contribution is 8.14. The molecule has 1 saturated heterocycles. The molecule has 0 radical (unpaired) electrons. The molecule has 1 fully saturated rings. The number of nitrogens with zero attached hydrogens (tertiary/aromatic N) is 1. The summed E-state index contributed by atoms with van der Waals surface area (Å²) in [5.74, 6) is -0.887. The summed E-state index contributed by atoms with van der Waals surface area (Å²) in [7, 11) is 1.33. The lowest BCUT2D eigenvalue weighted by Gasteiger charge is -2.37. The van der Waals surface area contributed by atoms with Crippen LogP contribution in [0.1, 0.15) is 31.9 Å². The summed E-state index contributed by atoms with van der Waals surface area (Å²) in [4.78, 5) is 38.1. The molecule has 2 rings (SSSR count). The zero-order valence-corrected chi connectivity index (χ0v) is 17.7. The molecule has 0 aromatic heterocycles. The summed E-state index contributed by atoms with van der Waals surface area (Å²) in [6, 6.07) is 6.41. The van der Waals surface area contributed by atoms with Gasteiger partial charge >= 0.3 is 11.9 Å². The monoisotopic (exact) mass is 425 g/mol. The first-order chi connectivity index (χ1) is 13.4. The van der Waals surface area contributed by atoms with E-state index in [-0.39, 0.29) is 17.0 Å². The van der Waals surface area contributed by atoms with Gasteiger partial charge in [-0.2, -0.15) is 0 Å². The number of piperidine rings is 1. The molecular formula is C20H24ClNO5S. The van der Waals surface area contributed by atoms with Gasteiger partial charge in [0.25, 0.3) is 0 Å². The zero-order valence-electron chi connectivity index (χ0n) is 16.1. The van der Waals surface area contributed by atoms with Gasteiger partial charge in [0.05, 0.1) is 13.7 Å². The van der Waals surface area contributed by atoms with Crippen molar-refractivity contribution >= 4 is 40.4 Å². The van der Waals surface area contributed by atoms with E-state index in [1.165, 1.54) is 31.9 Å². The van der Waals surface area contributed by atoms with Gasteiger partial charge < -0.3 is 9.47 Å². The van der Waals surface area contributed by atoms with Crippen LogP contribution in [-0.4, -0.2) is 54.0 Å². The van der Waals surface area contributed by atoms with Crippen LogP contribution in [0.3, 0.4) is 0 Å². The van der Waals surface area contributed by atoms with Crippen LogP contribution in [-0.2, 0) is 23.9 Å². The van der Waals surface area contributed by atoms with Gasteiger partial charge in [-0.3, -0.25) is 9.69 Å². The van der Waals surface area contributed by atoms with Crippen molar-refractivity contribution in [2.24, 2.45) is 0 Å². The number of hydrogen-bond donors (Lipinski definition) is 0. The third-order valence-electron chi connectivity index (χ3n) is 4.37. The Morgan fingerprint density at radius 3 is 2.68 bits per heavy atom. The maximum absolute atomic E-state index is 12.6. The first-order valence-corrected chi connectivity index (χ1v) is 10.2. The molecule has 6 nitrogen and oxygen atoms in total. The number of rotatable bonds is 6. The average molecular weight is 426 g/mol. The standard InChI is InChI=1S/C20H24ClNO5S/c1-4-27-18(24)11-14-12-22(10-9-17(14)28-13(2)23)19(20(25)26-3)15-7-5-6-8-16(15)21/h5-8,11,17,19H,4,9-10,12H2,1-3H3/b14-11+/t17-,19-/m0/s1. The van der Waals surface area contributed by atoms with Gasteiger partial charge in [0, 0.05) is 36.4 Å². The largest absolute Gasteiger partial charge is 0.468 e. The molecule has 1 aromatic carbocycles. The molecule has 28 heavy (non-hydrogen) atoms. The SMILES string of the molecule is CCOC(=O)/C=C1\CN([C@H](C(=O)OC)c2ccccc2Cl)CC[C@@H]1SC(C)=O. The van der Waals surface area contributed by atoms with Gasteiger partial charge in [-0.05, 0) is 30.5 Å². The maximum atomic E-state index is 12.6. The number of benzene rings is 1. The van der Waals surface area contributed by atoms with Crippen molar-refractivity contribution in [3.8, 4) is 0 Å². The Morgan fingerprint density at radius 1 is 1.36 bits per heavy atom. The van der Waals surface area contributed by atoms with Crippen LogP contribution < -0.4 is 0 Å². The number of ether oxygens (including phenoxy) is 2. The predicted molar refractivity (Wildman–Crippen MR) is 109 cm³/mol. The molecule has 0 aliphatic carbocycles. The highest BCUT2D eigenvalue weighted by Crippen LogP contribution is 2.35. The van der Waals surface area contributed by atoms with E-state index in [2.05, 4.69) is 0 Å². The lowest BCUT2D eigenvalue weighted by Crippen LogP contribution is -2.43. The van der Waals surface area contributed by atoms with E-state index in [0.717, 1.165) is 5.57 Å². The third kappa shape index (κ3) is 5.83. The minimum atomic E-state index is -0.701. The molecule has 0 amide bonds. The second kappa shape index (κ2) is 10.6.